The summed E-state index contributed by atoms with van der Waals surface area (Å²) >= 11 is 0. The van der Waals surface area contributed by atoms with E-state index in [9.17, 15) is 9.59 Å². The summed E-state index contributed by atoms with van der Waals surface area (Å²) in [6.45, 7) is 0.396. The molecule has 1 amide bonds. The minimum absolute atomic E-state index is 0.153. The molecule has 1 aromatic heterocycles. The lowest BCUT2D eigenvalue weighted by molar-refractivity contribution is -0.0757. The summed E-state index contributed by atoms with van der Waals surface area (Å²) in [5, 5.41) is 5.19. The lowest BCUT2D eigenvalue weighted by Crippen LogP contribution is -2.26. The highest BCUT2D eigenvalue weighted by Crippen LogP contribution is 2.17. The summed E-state index contributed by atoms with van der Waals surface area (Å²) in [5.74, 6) is -0.491. The van der Waals surface area contributed by atoms with Crippen molar-refractivity contribution in [2.24, 2.45) is 0 Å². The Labute approximate surface area is 150 Å². The normalized spacial score (nSPS) is 10.5. The number of carbonyl (C=O) groups is 2. The van der Waals surface area contributed by atoms with Crippen LogP contribution in [0.3, 0.4) is 0 Å². The molecule has 0 N–H and O–H groups in total. The Hall–Kier alpha value is -3.32. The second-order valence-electron chi connectivity index (χ2n) is 5.69. The van der Waals surface area contributed by atoms with Gasteiger partial charge in [0.05, 0.1) is 13.7 Å². The van der Waals surface area contributed by atoms with Gasteiger partial charge in [-0.05, 0) is 23.8 Å². The van der Waals surface area contributed by atoms with E-state index in [0.717, 1.165) is 10.6 Å². The number of benzene rings is 2. The predicted molar refractivity (Wildman–Crippen MR) is 94.5 cm³/mol. The molecule has 0 saturated carbocycles. The average molecular weight is 350 g/mol. The molecule has 7 nitrogen and oxygen atoms in total. The van der Waals surface area contributed by atoms with Gasteiger partial charge in [0.1, 0.15) is 12.7 Å². The molecular formula is C19H18N4O3. The SMILES string of the molecule is CON(C)C(=O)c1cc(Cn2cncn2)cc(C(=O)c2ccccc2)c1. The molecule has 0 unspecified atom stereocenters. The van der Waals surface area contributed by atoms with Crippen LogP contribution < -0.4 is 0 Å². The molecule has 1 heterocycles. The molecular weight excluding hydrogens is 332 g/mol. The maximum atomic E-state index is 12.8. The summed E-state index contributed by atoms with van der Waals surface area (Å²) in [4.78, 5) is 34.2. The summed E-state index contributed by atoms with van der Waals surface area (Å²) in [7, 11) is 2.93. The Kier molecular flexibility index (Phi) is 5.19. The van der Waals surface area contributed by atoms with Crippen molar-refractivity contribution >= 4 is 11.7 Å². The number of amides is 1. The third kappa shape index (κ3) is 3.84. The van der Waals surface area contributed by atoms with Crippen LogP contribution in [0.15, 0.2) is 61.2 Å². The highest BCUT2D eigenvalue weighted by Gasteiger charge is 2.17. The minimum atomic E-state index is -0.338. The first-order chi connectivity index (χ1) is 12.6. The van der Waals surface area contributed by atoms with Crippen molar-refractivity contribution in [1.29, 1.82) is 0 Å². The Morgan fingerprint density at radius 1 is 1.08 bits per heavy atom. The molecule has 3 rings (SSSR count). The first kappa shape index (κ1) is 17.5. The standard InChI is InChI=1S/C19H18N4O3/c1-22(26-2)19(25)17-9-14(11-23-13-20-12-21-23)8-16(10-17)18(24)15-6-4-3-5-7-15/h3-10,12-13H,11H2,1-2H3. The number of hydroxylamine groups is 2. The molecule has 0 fully saturated rings. The van der Waals surface area contributed by atoms with Crippen LogP contribution >= 0.6 is 0 Å². The van der Waals surface area contributed by atoms with Crippen molar-refractivity contribution in [2.45, 2.75) is 6.54 Å². The van der Waals surface area contributed by atoms with Crippen LogP contribution in [0.2, 0.25) is 0 Å². The predicted octanol–water partition coefficient (Wildman–Crippen LogP) is 2.19. The van der Waals surface area contributed by atoms with Crippen LogP contribution in [0.1, 0.15) is 31.8 Å². The Bertz CT molecular complexity index is 908. The van der Waals surface area contributed by atoms with Crippen molar-refractivity contribution in [1.82, 2.24) is 19.8 Å². The molecule has 0 radical (unpaired) electrons. The maximum absolute atomic E-state index is 12.8. The molecule has 0 aliphatic heterocycles. The van der Waals surface area contributed by atoms with Crippen molar-refractivity contribution < 1.29 is 14.4 Å². The van der Waals surface area contributed by atoms with E-state index < -0.39 is 0 Å². The molecule has 0 atom stereocenters. The average Bonchev–Trinajstić information content (AvgIpc) is 3.19. The number of ketones is 1. The fourth-order valence-corrected chi connectivity index (χ4v) is 2.56. The van der Waals surface area contributed by atoms with Gasteiger partial charge in [-0.25, -0.2) is 14.7 Å². The fourth-order valence-electron chi connectivity index (χ4n) is 2.56. The second kappa shape index (κ2) is 7.71. The quantitative estimate of drug-likeness (QED) is 0.503. The summed E-state index contributed by atoms with van der Waals surface area (Å²) in [6, 6.07) is 14.0. The number of nitrogens with zero attached hydrogens (tertiary/aromatic N) is 4. The lowest BCUT2D eigenvalue weighted by atomic mass is 9.98. The van der Waals surface area contributed by atoms with Gasteiger partial charge in [0, 0.05) is 23.7 Å². The number of carbonyl (C=O) groups excluding carboxylic acids is 2. The number of hydrogen-bond donors (Lipinski definition) is 0. The molecule has 0 aliphatic rings. The van der Waals surface area contributed by atoms with Gasteiger partial charge in [-0.15, -0.1) is 0 Å². The van der Waals surface area contributed by atoms with Crippen LogP contribution in [0.25, 0.3) is 0 Å². The van der Waals surface area contributed by atoms with Gasteiger partial charge in [0.2, 0.25) is 0 Å². The smallest absolute Gasteiger partial charge is 0.277 e. The van der Waals surface area contributed by atoms with Gasteiger partial charge in [-0.1, -0.05) is 30.3 Å². The van der Waals surface area contributed by atoms with Gasteiger partial charge >= 0.3 is 0 Å². The van der Waals surface area contributed by atoms with Crippen molar-refractivity contribution in [3.63, 3.8) is 0 Å². The van der Waals surface area contributed by atoms with Gasteiger partial charge in [-0.3, -0.25) is 14.4 Å². The summed E-state index contributed by atoms with van der Waals surface area (Å²) in [5.41, 5.74) is 2.13. The molecule has 0 spiro atoms. The molecule has 0 bridgehead atoms. The molecule has 3 aromatic rings. The number of aromatic nitrogens is 3. The van der Waals surface area contributed by atoms with Crippen molar-refractivity contribution in [3.05, 3.63) is 83.4 Å². The monoisotopic (exact) mass is 350 g/mol. The summed E-state index contributed by atoms with van der Waals surface area (Å²) < 4.78 is 1.63. The molecule has 0 saturated heterocycles. The van der Waals surface area contributed by atoms with E-state index in [1.807, 2.05) is 6.07 Å². The van der Waals surface area contributed by atoms with Crippen LogP contribution in [0.4, 0.5) is 0 Å². The van der Waals surface area contributed by atoms with E-state index in [2.05, 4.69) is 10.1 Å². The Morgan fingerprint density at radius 3 is 2.46 bits per heavy atom. The molecule has 26 heavy (non-hydrogen) atoms. The highest BCUT2D eigenvalue weighted by atomic mass is 16.7. The molecule has 2 aromatic carbocycles. The minimum Gasteiger partial charge on any atom is -0.289 e. The van der Waals surface area contributed by atoms with E-state index in [4.69, 9.17) is 4.84 Å². The van der Waals surface area contributed by atoms with Crippen LogP contribution in [-0.2, 0) is 11.4 Å². The second-order valence-corrected chi connectivity index (χ2v) is 5.69. The van der Waals surface area contributed by atoms with E-state index in [1.165, 1.54) is 20.5 Å². The van der Waals surface area contributed by atoms with E-state index in [0.29, 0.717) is 23.2 Å². The largest absolute Gasteiger partial charge is 0.289 e. The van der Waals surface area contributed by atoms with Gasteiger partial charge in [0.15, 0.2) is 5.78 Å². The zero-order valence-corrected chi connectivity index (χ0v) is 14.5. The zero-order valence-electron chi connectivity index (χ0n) is 14.5. The van der Waals surface area contributed by atoms with Gasteiger partial charge in [0.25, 0.3) is 5.91 Å². The maximum Gasteiger partial charge on any atom is 0.277 e. The van der Waals surface area contributed by atoms with Crippen LogP contribution in [0, 0.1) is 0 Å². The molecule has 7 heteroatoms. The Balaban J connectivity index is 2.02. The van der Waals surface area contributed by atoms with Gasteiger partial charge in [-0.2, -0.15) is 5.10 Å². The summed E-state index contributed by atoms with van der Waals surface area (Å²) in [6.07, 6.45) is 3.01. The first-order valence-electron chi connectivity index (χ1n) is 7.97. The Morgan fingerprint density at radius 2 is 1.81 bits per heavy atom. The topological polar surface area (TPSA) is 77.3 Å². The third-order valence-corrected chi connectivity index (χ3v) is 3.91. The van der Waals surface area contributed by atoms with Crippen molar-refractivity contribution in [2.75, 3.05) is 14.2 Å². The third-order valence-electron chi connectivity index (χ3n) is 3.91. The molecule has 0 aliphatic carbocycles. The lowest BCUT2D eigenvalue weighted by Gasteiger charge is -2.15. The fraction of sp³-hybridized carbons (Fsp3) is 0.158. The number of hydrogen-bond acceptors (Lipinski definition) is 5. The van der Waals surface area contributed by atoms with E-state index in [-0.39, 0.29) is 11.7 Å². The van der Waals surface area contributed by atoms with Crippen LogP contribution in [-0.4, -0.2) is 45.7 Å². The van der Waals surface area contributed by atoms with Crippen molar-refractivity contribution in [3.8, 4) is 0 Å². The highest BCUT2D eigenvalue weighted by molar-refractivity contribution is 6.10. The van der Waals surface area contributed by atoms with E-state index in [1.54, 1.807) is 53.5 Å². The number of rotatable bonds is 6. The first-order valence-corrected chi connectivity index (χ1v) is 7.97. The molecule has 132 valence electrons. The van der Waals surface area contributed by atoms with Crippen LogP contribution in [0.5, 0.6) is 0 Å². The van der Waals surface area contributed by atoms with Gasteiger partial charge < -0.3 is 0 Å². The van der Waals surface area contributed by atoms with E-state index >= 15 is 0 Å². The zero-order chi connectivity index (χ0) is 18.5.